The summed E-state index contributed by atoms with van der Waals surface area (Å²) in [6.45, 7) is 9.05. The van der Waals surface area contributed by atoms with E-state index < -0.39 is 0 Å². The molecule has 1 aliphatic rings. The van der Waals surface area contributed by atoms with E-state index in [4.69, 9.17) is 5.73 Å². The van der Waals surface area contributed by atoms with Crippen LogP contribution in [0.25, 0.3) is 0 Å². The molecule has 1 rings (SSSR count). The highest BCUT2D eigenvalue weighted by atomic mass is 15.1. The molecule has 0 aliphatic carbocycles. The number of nitrogens with zero attached hydrogens (tertiary/aromatic N) is 1. The Kier molecular flexibility index (Phi) is 3.34. The molecule has 0 aromatic rings. The number of piperidine rings is 1. The molecule has 0 aromatic heterocycles. The molecule has 66 valence electrons. The summed E-state index contributed by atoms with van der Waals surface area (Å²) in [6, 6.07) is 0. The first kappa shape index (κ1) is 9.01. The minimum absolute atomic E-state index is 0.805. The second-order valence-corrected chi connectivity index (χ2v) is 3.99. The molecule has 11 heavy (non-hydrogen) atoms. The van der Waals surface area contributed by atoms with E-state index in [0.29, 0.717) is 0 Å². The zero-order valence-electron chi connectivity index (χ0n) is 7.71. The van der Waals surface area contributed by atoms with Gasteiger partial charge < -0.3 is 10.6 Å². The smallest absolute Gasteiger partial charge is 0.0105 e. The quantitative estimate of drug-likeness (QED) is 0.644. The van der Waals surface area contributed by atoms with Crippen molar-refractivity contribution in [2.45, 2.75) is 20.3 Å². The first-order valence-corrected chi connectivity index (χ1v) is 4.64. The zero-order chi connectivity index (χ0) is 8.27. The van der Waals surface area contributed by atoms with Gasteiger partial charge in [-0.05, 0) is 18.3 Å². The van der Waals surface area contributed by atoms with Crippen LogP contribution in [-0.2, 0) is 0 Å². The van der Waals surface area contributed by atoms with Gasteiger partial charge in [-0.2, -0.15) is 0 Å². The SMILES string of the molecule is C[C@H]1C[C@H](C)CN(CCN)C1. The van der Waals surface area contributed by atoms with E-state index in [1.165, 1.54) is 19.5 Å². The average Bonchev–Trinajstić information content (AvgIpc) is 1.85. The maximum atomic E-state index is 5.51. The van der Waals surface area contributed by atoms with Crippen LogP contribution in [0.5, 0.6) is 0 Å². The maximum Gasteiger partial charge on any atom is 0.0105 e. The summed E-state index contributed by atoms with van der Waals surface area (Å²) in [6.07, 6.45) is 1.39. The molecule has 1 fully saturated rings. The molecule has 0 unspecified atom stereocenters. The van der Waals surface area contributed by atoms with Crippen molar-refractivity contribution in [3.63, 3.8) is 0 Å². The lowest BCUT2D eigenvalue weighted by molar-refractivity contribution is 0.145. The van der Waals surface area contributed by atoms with Gasteiger partial charge in [0.2, 0.25) is 0 Å². The van der Waals surface area contributed by atoms with Crippen molar-refractivity contribution in [1.82, 2.24) is 4.90 Å². The fourth-order valence-corrected chi connectivity index (χ4v) is 2.16. The largest absolute Gasteiger partial charge is 0.329 e. The summed E-state index contributed by atoms with van der Waals surface area (Å²) >= 11 is 0. The van der Waals surface area contributed by atoms with Crippen LogP contribution in [0.1, 0.15) is 20.3 Å². The summed E-state index contributed by atoms with van der Waals surface area (Å²) in [5, 5.41) is 0. The molecule has 2 N–H and O–H groups in total. The second-order valence-electron chi connectivity index (χ2n) is 3.99. The van der Waals surface area contributed by atoms with Crippen LogP contribution in [0.2, 0.25) is 0 Å². The van der Waals surface area contributed by atoms with Crippen molar-refractivity contribution >= 4 is 0 Å². The number of nitrogens with two attached hydrogens (primary N) is 1. The standard InChI is InChI=1S/C9H20N2/c1-8-5-9(2)7-11(6-8)4-3-10/h8-9H,3-7,10H2,1-2H3/t8-,9-/m0/s1. The number of likely N-dealkylation sites (tertiary alicyclic amines) is 1. The van der Waals surface area contributed by atoms with E-state index in [9.17, 15) is 0 Å². The van der Waals surface area contributed by atoms with E-state index in [1.54, 1.807) is 0 Å². The van der Waals surface area contributed by atoms with Crippen LogP contribution in [0.3, 0.4) is 0 Å². The van der Waals surface area contributed by atoms with Gasteiger partial charge in [-0.15, -0.1) is 0 Å². The Bertz CT molecular complexity index is 104. The first-order chi connectivity index (χ1) is 5.22. The molecule has 1 saturated heterocycles. The second kappa shape index (κ2) is 4.07. The molecule has 0 spiro atoms. The third-order valence-electron chi connectivity index (χ3n) is 2.39. The van der Waals surface area contributed by atoms with E-state index in [-0.39, 0.29) is 0 Å². The molecular formula is C9H20N2. The predicted octanol–water partition coefficient (Wildman–Crippen LogP) is 0.923. The average molecular weight is 156 g/mol. The van der Waals surface area contributed by atoms with Crippen LogP contribution in [-0.4, -0.2) is 31.1 Å². The summed E-state index contributed by atoms with van der Waals surface area (Å²) in [4.78, 5) is 2.48. The number of hydrogen-bond donors (Lipinski definition) is 1. The summed E-state index contributed by atoms with van der Waals surface area (Å²) in [5.41, 5.74) is 5.51. The fraction of sp³-hybridized carbons (Fsp3) is 1.00. The number of rotatable bonds is 2. The Morgan fingerprint density at radius 2 is 1.82 bits per heavy atom. The van der Waals surface area contributed by atoms with Crippen LogP contribution >= 0.6 is 0 Å². The monoisotopic (exact) mass is 156 g/mol. The van der Waals surface area contributed by atoms with Crippen molar-refractivity contribution in [1.29, 1.82) is 0 Å². The van der Waals surface area contributed by atoms with Crippen molar-refractivity contribution in [2.75, 3.05) is 26.2 Å². The molecule has 0 amide bonds. The van der Waals surface area contributed by atoms with Gasteiger partial charge >= 0.3 is 0 Å². The highest BCUT2D eigenvalue weighted by molar-refractivity contribution is 4.74. The summed E-state index contributed by atoms with van der Waals surface area (Å²) in [5.74, 6) is 1.73. The Morgan fingerprint density at radius 1 is 1.27 bits per heavy atom. The fourth-order valence-electron chi connectivity index (χ4n) is 2.16. The molecule has 0 aromatic carbocycles. The van der Waals surface area contributed by atoms with Gasteiger partial charge in [0.25, 0.3) is 0 Å². The lowest BCUT2D eigenvalue weighted by Crippen LogP contribution is -2.41. The highest BCUT2D eigenvalue weighted by Crippen LogP contribution is 2.19. The van der Waals surface area contributed by atoms with E-state index in [2.05, 4.69) is 18.7 Å². The highest BCUT2D eigenvalue weighted by Gasteiger charge is 2.20. The molecule has 0 radical (unpaired) electrons. The van der Waals surface area contributed by atoms with Gasteiger partial charge in [-0.3, -0.25) is 0 Å². The van der Waals surface area contributed by atoms with Gasteiger partial charge in [0.15, 0.2) is 0 Å². The summed E-state index contributed by atoms with van der Waals surface area (Å²) in [7, 11) is 0. The third-order valence-corrected chi connectivity index (χ3v) is 2.39. The Labute approximate surface area is 69.8 Å². The van der Waals surface area contributed by atoms with E-state index >= 15 is 0 Å². The van der Waals surface area contributed by atoms with Crippen LogP contribution in [0.4, 0.5) is 0 Å². The number of hydrogen-bond acceptors (Lipinski definition) is 2. The molecule has 2 atom stereocenters. The Hall–Kier alpha value is -0.0800. The van der Waals surface area contributed by atoms with Crippen LogP contribution in [0.15, 0.2) is 0 Å². The van der Waals surface area contributed by atoms with Gasteiger partial charge in [0, 0.05) is 26.2 Å². The molecule has 1 aliphatic heterocycles. The minimum atomic E-state index is 0.805. The van der Waals surface area contributed by atoms with Crippen molar-refractivity contribution in [3.05, 3.63) is 0 Å². The molecule has 0 saturated carbocycles. The van der Waals surface area contributed by atoms with Gasteiger partial charge in [-0.1, -0.05) is 13.8 Å². The van der Waals surface area contributed by atoms with Crippen LogP contribution in [0, 0.1) is 11.8 Å². The topological polar surface area (TPSA) is 29.3 Å². The predicted molar refractivity (Wildman–Crippen MR) is 48.4 cm³/mol. The minimum Gasteiger partial charge on any atom is -0.329 e. The Morgan fingerprint density at radius 3 is 2.27 bits per heavy atom. The zero-order valence-corrected chi connectivity index (χ0v) is 7.71. The van der Waals surface area contributed by atoms with Crippen molar-refractivity contribution in [2.24, 2.45) is 17.6 Å². The lowest BCUT2D eigenvalue weighted by Gasteiger charge is -2.34. The molecular weight excluding hydrogens is 136 g/mol. The van der Waals surface area contributed by atoms with Crippen molar-refractivity contribution in [3.8, 4) is 0 Å². The Balaban J connectivity index is 2.30. The summed E-state index contributed by atoms with van der Waals surface area (Å²) < 4.78 is 0. The van der Waals surface area contributed by atoms with E-state index in [0.717, 1.165) is 24.9 Å². The normalized spacial score (nSPS) is 34.1. The molecule has 2 nitrogen and oxygen atoms in total. The van der Waals surface area contributed by atoms with E-state index in [1.807, 2.05) is 0 Å². The molecule has 2 heteroatoms. The van der Waals surface area contributed by atoms with Crippen molar-refractivity contribution < 1.29 is 0 Å². The van der Waals surface area contributed by atoms with Gasteiger partial charge in [0.1, 0.15) is 0 Å². The molecule has 0 bridgehead atoms. The third kappa shape index (κ3) is 2.80. The maximum absolute atomic E-state index is 5.51. The van der Waals surface area contributed by atoms with Gasteiger partial charge in [0.05, 0.1) is 0 Å². The van der Waals surface area contributed by atoms with Crippen LogP contribution < -0.4 is 5.73 Å². The van der Waals surface area contributed by atoms with Gasteiger partial charge in [-0.25, -0.2) is 0 Å². The lowest BCUT2D eigenvalue weighted by atomic mass is 9.92. The molecule has 1 heterocycles. The first-order valence-electron chi connectivity index (χ1n) is 4.64.